The maximum Gasteiger partial charge on any atom is 0.171 e. The number of hydrogen-bond acceptors (Lipinski definition) is 2. The van der Waals surface area contributed by atoms with E-state index in [1.807, 2.05) is 0 Å². The van der Waals surface area contributed by atoms with Gasteiger partial charge >= 0.3 is 0 Å². The molecular weight excluding hydrogens is 176 g/mol. The Hall–Kier alpha value is -0.0800. The first-order chi connectivity index (χ1) is 6.89. The van der Waals surface area contributed by atoms with Crippen LogP contribution in [0, 0.1) is 23.7 Å². The van der Waals surface area contributed by atoms with E-state index in [0.717, 1.165) is 36.9 Å². The predicted molar refractivity (Wildman–Crippen MR) is 51.7 cm³/mol. The van der Waals surface area contributed by atoms with Crippen molar-refractivity contribution in [1.82, 2.24) is 0 Å². The third kappa shape index (κ3) is 0.809. The molecule has 4 unspecified atom stereocenters. The van der Waals surface area contributed by atoms with Gasteiger partial charge in [-0.05, 0) is 37.0 Å². The molecule has 2 nitrogen and oxygen atoms in total. The Balaban J connectivity index is 1.69. The molecular formula is C12H18O2. The SMILES string of the molecule is C1CC2C3CC(C2C1)C1(C3)OCCO1. The Labute approximate surface area is 85.0 Å². The Morgan fingerprint density at radius 2 is 1.79 bits per heavy atom. The van der Waals surface area contributed by atoms with E-state index >= 15 is 0 Å². The van der Waals surface area contributed by atoms with E-state index in [1.54, 1.807) is 0 Å². The van der Waals surface area contributed by atoms with E-state index in [4.69, 9.17) is 9.47 Å². The summed E-state index contributed by atoms with van der Waals surface area (Å²) in [6, 6.07) is 0. The van der Waals surface area contributed by atoms with Crippen molar-refractivity contribution >= 4 is 0 Å². The summed E-state index contributed by atoms with van der Waals surface area (Å²) in [6.45, 7) is 1.67. The number of hydrogen-bond donors (Lipinski definition) is 0. The molecule has 1 spiro atoms. The Morgan fingerprint density at radius 1 is 1.00 bits per heavy atom. The van der Waals surface area contributed by atoms with Gasteiger partial charge in [-0.1, -0.05) is 6.42 Å². The van der Waals surface area contributed by atoms with Crippen LogP contribution in [0.5, 0.6) is 0 Å². The molecule has 4 aliphatic rings. The van der Waals surface area contributed by atoms with Gasteiger partial charge in [0.2, 0.25) is 0 Å². The lowest BCUT2D eigenvalue weighted by Crippen LogP contribution is -2.42. The second-order valence-corrected chi connectivity index (χ2v) is 5.57. The van der Waals surface area contributed by atoms with Crippen molar-refractivity contribution in [2.75, 3.05) is 13.2 Å². The van der Waals surface area contributed by atoms with E-state index < -0.39 is 0 Å². The van der Waals surface area contributed by atoms with E-state index in [1.165, 1.54) is 32.1 Å². The van der Waals surface area contributed by atoms with Gasteiger partial charge in [0.15, 0.2) is 5.79 Å². The minimum Gasteiger partial charge on any atom is -0.347 e. The van der Waals surface area contributed by atoms with Crippen molar-refractivity contribution in [1.29, 1.82) is 0 Å². The molecule has 4 atom stereocenters. The molecule has 78 valence electrons. The van der Waals surface area contributed by atoms with Crippen molar-refractivity contribution in [2.45, 2.75) is 37.9 Å². The summed E-state index contributed by atoms with van der Waals surface area (Å²) in [5, 5.41) is 0. The molecule has 4 rings (SSSR count). The molecule has 2 heteroatoms. The standard InChI is InChI=1S/C12H18O2/c1-2-9-8-6-11(10(9)3-1)12(7-8)13-4-5-14-12/h8-11H,1-7H2. The molecule has 2 bridgehead atoms. The van der Waals surface area contributed by atoms with Crippen LogP contribution in [0.25, 0.3) is 0 Å². The second-order valence-electron chi connectivity index (χ2n) is 5.57. The molecule has 0 aromatic rings. The first-order valence-corrected chi connectivity index (χ1v) is 6.17. The van der Waals surface area contributed by atoms with Crippen molar-refractivity contribution in [3.63, 3.8) is 0 Å². The van der Waals surface area contributed by atoms with Crippen LogP contribution >= 0.6 is 0 Å². The van der Waals surface area contributed by atoms with Crippen molar-refractivity contribution in [2.24, 2.45) is 23.7 Å². The van der Waals surface area contributed by atoms with Crippen LogP contribution in [0.2, 0.25) is 0 Å². The lowest BCUT2D eigenvalue weighted by molar-refractivity contribution is -0.206. The van der Waals surface area contributed by atoms with Gasteiger partial charge in [-0.3, -0.25) is 0 Å². The smallest absolute Gasteiger partial charge is 0.171 e. The van der Waals surface area contributed by atoms with Crippen LogP contribution in [-0.2, 0) is 9.47 Å². The van der Waals surface area contributed by atoms with Gasteiger partial charge in [-0.2, -0.15) is 0 Å². The number of fused-ring (bicyclic) bond motifs is 6. The fourth-order valence-electron chi connectivity index (χ4n) is 4.84. The second kappa shape index (κ2) is 2.53. The van der Waals surface area contributed by atoms with Crippen molar-refractivity contribution < 1.29 is 9.47 Å². The van der Waals surface area contributed by atoms with Crippen molar-refractivity contribution in [3.8, 4) is 0 Å². The van der Waals surface area contributed by atoms with Gasteiger partial charge in [0, 0.05) is 12.3 Å². The van der Waals surface area contributed by atoms with E-state index in [2.05, 4.69) is 0 Å². The molecule has 0 aromatic carbocycles. The highest BCUT2D eigenvalue weighted by Crippen LogP contribution is 2.64. The monoisotopic (exact) mass is 194 g/mol. The molecule has 14 heavy (non-hydrogen) atoms. The van der Waals surface area contributed by atoms with Crippen LogP contribution < -0.4 is 0 Å². The fourth-order valence-corrected chi connectivity index (χ4v) is 4.84. The third-order valence-corrected chi connectivity index (χ3v) is 5.19. The predicted octanol–water partition coefficient (Wildman–Crippen LogP) is 2.19. The lowest BCUT2D eigenvalue weighted by Gasteiger charge is -2.38. The molecule has 0 aromatic heterocycles. The summed E-state index contributed by atoms with van der Waals surface area (Å²) in [5.41, 5.74) is 0. The normalized spacial score (nSPS) is 53.1. The molecule has 0 radical (unpaired) electrons. The molecule has 0 N–H and O–H groups in total. The Morgan fingerprint density at radius 3 is 2.64 bits per heavy atom. The average Bonchev–Trinajstić information content (AvgIpc) is 2.88. The van der Waals surface area contributed by atoms with E-state index in [-0.39, 0.29) is 5.79 Å². The largest absolute Gasteiger partial charge is 0.347 e. The number of rotatable bonds is 0. The topological polar surface area (TPSA) is 18.5 Å². The summed E-state index contributed by atoms with van der Waals surface area (Å²) in [6.07, 6.45) is 6.99. The summed E-state index contributed by atoms with van der Waals surface area (Å²) < 4.78 is 11.8. The molecule has 3 aliphatic carbocycles. The summed E-state index contributed by atoms with van der Waals surface area (Å²) >= 11 is 0. The van der Waals surface area contributed by atoms with Crippen LogP contribution in [0.15, 0.2) is 0 Å². The van der Waals surface area contributed by atoms with Gasteiger partial charge in [0.1, 0.15) is 0 Å². The average molecular weight is 194 g/mol. The fraction of sp³-hybridized carbons (Fsp3) is 1.00. The number of ether oxygens (including phenoxy) is 2. The Bertz CT molecular complexity index is 257. The van der Waals surface area contributed by atoms with Crippen LogP contribution in [0.1, 0.15) is 32.1 Å². The Kier molecular flexibility index (Phi) is 1.47. The summed E-state index contributed by atoms with van der Waals surface area (Å²) in [4.78, 5) is 0. The maximum atomic E-state index is 5.92. The van der Waals surface area contributed by atoms with Gasteiger partial charge in [0.05, 0.1) is 13.2 Å². The van der Waals surface area contributed by atoms with Crippen LogP contribution in [0.3, 0.4) is 0 Å². The van der Waals surface area contributed by atoms with Gasteiger partial charge in [0.25, 0.3) is 0 Å². The zero-order valence-corrected chi connectivity index (χ0v) is 8.58. The molecule has 1 saturated heterocycles. The zero-order chi connectivity index (χ0) is 9.17. The lowest BCUT2D eigenvalue weighted by atomic mass is 9.78. The molecule has 1 aliphatic heterocycles. The van der Waals surface area contributed by atoms with Crippen LogP contribution in [-0.4, -0.2) is 19.0 Å². The molecule has 3 saturated carbocycles. The summed E-state index contributed by atoms with van der Waals surface area (Å²) in [5.74, 6) is 3.58. The first kappa shape index (κ1) is 8.12. The maximum absolute atomic E-state index is 5.92. The van der Waals surface area contributed by atoms with Gasteiger partial charge in [-0.15, -0.1) is 0 Å². The van der Waals surface area contributed by atoms with E-state index in [9.17, 15) is 0 Å². The molecule has 0 amide bonds. The first-order valence-electron chi connectivity index (χ1n) is 6.17. The van der Waals surface area contributed by atoms with Crippen LogP contribution in [0.4, 0.5) is 0 Å². The van der Waals surface area contributed by atoms with Gasteiger partial charge in [-0.25, -0.2) is 0 Å². The minimum atomic E-state index is -0.101. The highest BCUT2D eigenvalue weighted by Gasteiger charge is 2.63. The van der Waals surface area contributed by atoms with Gasteiger partial charge < -0.3 is 9.47 Å². The third-order valence-electron chi connectivity index (χ3n) is 5.19. The minimum absolute atomic E-state index is 0.101. The molecule has 1 heterocycles. The highest BCUT2D eigenvalue weighted by atomic mass is 16.7. The zero-order valence-electron chi connectivity index (χ0n) is 8.58. The quantitative estimate of drug-likeness (QED) is 0.588. The molecule has 4 fully saturated rings. The van der Waals surface area contributed by atoms with Crippen molar-refractivity contribution in [3.05, 3.63) is 0 Å². The highest BCUT2D eigenvalue weighted by molar-refractivity contribution is 5.08. The summed E-state index contributed by atoms with van der Waals surface area (Å²) in [7, 11) is 0. The van der Waals surface area contributed by atoms with E-state index in [0.29, 0.717) is 0 Å².